The van der Waals surface area contributed by atoms with Gasteiger partial charge >= 0.3 is 0 Å². The van der Waals surface area contributed by atoms with Crippen LogP contribution in [0.25, 0.3) is 0 Å². The molecular formula is C10H12N2O2. The van der Waals surface area contributed by atoms with Gasteiger partial charge in [0.25, 0.3) is 5.69 Å². The molecule has 1 N–H and O–H groups in total. The van der Waals surface area contributed by atoms with Crippen LogP contribution in [-0.2, 0) is 6.42 Å². The number of nitro benzene ring substituents is 1. The fourth-order valence-corrected chi connectivity index (χ4v) is 1.94. The Morgan fingerprint density at radius 1 is 1.57 bits per heavy atom. The first kappa shape index (κ1) is 8.99. The van der Waals surface area contributed by atoms with Gasteiger partial charge in [0.2, 0.25) is 0 Å². The Hall–Kier alpha value is -1.58. The van der Waals surface area contributed by atoms with Crippen LogP contribution in [0.3, 0.4) is 0 Å². The summed E-state index contributed by atoms with van der Waals surface area (Å²) in [7, 11) is 0. The Labute approximate surface area is 82.1 Å². The minimum atomic E-state index is -0.337. The van der Waals surface area contributed by atoms with Crippen LogP contribution >= 0.6 is 0 Å². The Morgan fingerprint density at radius 2 is 2.29 bits per heavy atom. The molecule has 0 saturated carbocycles. The normalized spacial score (nSPS) is 18.9. The molecule has 1 aromatic rings. The van der Waals surface area contributed by atoms with Crippen LogP contribution in [-0.4, -0.2) is 11.0 Å². The second kappa shape index (κ2) is 2.97. The van der Waals surface area contributed by atoms with Crippen LogP contribution in [0.1, 0.15) is 18.1 Å². The second-order valence-electron chi connectivity index (χ2n) is 3.80. The molecule has 0 amide bonds. The molecular weight excluding hydrogens is 180 g/mol. The maximum absolute atomic E-state index is 10.6. The highest BCUT2D eigenvalue weighted by atomic mass is 16.6. The van der Waals surface area contributed by atoms with Gasteiger partial charge in [-0.2, -0.15) is 0 Å². The van der Waals surface area contributed by atoms with Crippen molar-refractivity contribution in [3.05, 3.63) is 33.4 Å². The van der Waals surface area contributed by atoms with Crippen molar-refractivity contribution in [3.8, 4) is 0 Å². The van der Waals surface area contributed by atoms with E-state index in [0.29, 0.717) is 6.04 Å². The van der Waals surface area contributed by atoms with Gasteiger partial charge in [-0.1, -0.05) is 0 Å². The van der Waals surface area contributed by atoms with E-state index in [1.807, 2.05) is 6.92 Å². The SMILES string of the molecule is Cc1cc([N+](=O)[O-])cc2c1NC(C)C2. The quantitative estimate of drug-likeness (QED) is 0.548. The zero-order valence-corrected chi connectivity index (χ0v) is 8.20. The van der Waals surface area contributed by atoms with E-state index in [1.54, 1.807) is 12.1 Å². The number of nitrogens with one attached hydrogen (secondary N) is 1. The van der Waals surface area contributed by atoms with Gasteiger partial charge in [-0.3, -0.25) is 10.1 Å². The predicted molar refractivity (Wildman–Crippen MR) is 54.6 cm³/mol. The number of fused-ring (bicyclic) bond motifs is 1. The molecule has 0 bridgehead atoms. The molecule has 14 heavy (non-hydrogen) atoms. The van der Waals surface area contributed by atoms with Crippen molar-refractivity contribution in [1.82, 2.24) is 0 Å². The van der Waals surface area contributed by atoms with Crippen molar-refractivity contribution in [3.63, 3.8) is 0 Å². The maximum atomic E-state index is 10.6. The number of nitro groups is 1. The van der Waals surface area contributed by atoms with Crippen molar-refractivity contribution in [1.29, 1.82) is 0 Å². The Bertz CT molecular complexity index is 401. The zero-order chi connectivity index (χ0) is 10.3. The van der Waals surface area contributed by atoms with Crippen LogP contribution in [0, 0.1) is 17.0 Å². The van der Waals surface area contributed by atoms with Gasteiger partial charge in [0.1, 0.15) is 0 Å². The van der Waals surface area contributed by atoms with Crippen LogP contribution in [0.15, 0.2) is 12.1 Å². The molecule has 4 nitrogen and oxygen atoms in total. The van der Waals surface area contributed by atoms with Crippen molar-refractivity contribution in [2.75, 3.05) is 5.32 Å². The topological polar surface area (TPSA) is 55.2 Å². The summed E-state index contributed by atoms with van der Waals surface area (Å²) in [6.07, 6.45) is 0.873. The summed E-state index contributed by atoms with van der Waals surface area (Å²) in [5.41, 5.74) is 3.28. The summed E-state index contributed by atoms with van der Waals surface area (Å²) in [6, 6.07) is 3.66. The van der Waals surface area contributed by atoms with Crippen molar-refractivity contribution >= 4 is 11.4 Å². The van der Waals surface area contributed by atoms with Gasteiger partial charge in [0, 0.05) is 23.9 Å². The molecule has 4 heteroatoms. The van der Waals surface area contributed by atoms with Gasteiger partial charge in [-0.25, -0.2) is 0 Å². The minimum absolute atomic E-state index is 0.192. The van der Waals surface area contributed by atoms with E-state index >= 15 is 0 Å². The van der Waals surface area contributed by atoms with Crippen molar-refractivity contribution in [2.45, 2.75) is 26.3 Å². The lowest BCUT2D eigenvalue weighted by Crippen LogP contribution is -2.08. The van der Waals surface area contributed by atoms with Crippen LogP contribution in [0.5, 0.6) is 0 Å². The number of anilines is 1. The molecule has 1 atom stereocenters. The Morgan fingerprint density at radius 3 is 2.93 bits per heavy atom. The summed E-state index contributed by atoms with van der Waals surface area (Å²) in [5, 5.41) is 13.9. The average Bonchev–Trinajstić information content (AvgIpc) is 2.45. The number of aryl methyl sites for hydroxylation is 1. The number of hydrogen-bond acceptors (Lipinski definition) is 3. The minimum Gasteiger partial charge on any atom is -0.382 e. The monoisotopic (exact) mass is 192 g/mol. The molecule has 0 fully saturated rings. The van der Waals surface area contributed by atoms with Crippen molar-refractivity contribution in [2.24, 2.45) is 0 Å². The fraction of sp³-hybridized carbons (Fsp3) is 0.400. The average molecular weight is 192 g/mol. The highest BCUT2D eigenvalue weighted by molar-refractivity contribution is 5.65. The first-order valence-electron chi connectivity index (χ1n) is 4.62. The molecule has 0 radical (unpaired) electrons. The third-order valence-electron chi connectivity index (χ3n) is 2.53. The highest BCUT2D eigenvalue weighted by Crippen LogP contribution is 2.32. The van der Waals surface area contributed by atoms with E-state index in [1.165, 1.54) is 0 Å². The van der Waals surface area contributed by atoms with E-state index < -0.39 is 0 Å². The fourth-order valence-electron chi connectivity index (χ4n) is 1.94. The lowest BCUT2D eigenvalue weighted by Gasteiger charge is -2.05. The van der Waals surface area contributed by atoms with E-state index in [9.17, 15) is 10.1 Å². The first-order chi connectivity index (χ1) is 6.58. The predicted octanol–water partition coefficient (Wildman–Crippen LogP) is 2.26. The lowest BCUT2D eigenvalue weighted by molar-refractivity contribution is -0.384. The number of hydrogen-bond donors (Lipinski definition) is 1. The standard InChI is InChI=1S/C10H12N2O2/c1-6-3-9(12(13)14)5-8-4-7(2)11-10(6)8/h3,5,7,11H,4H2,1-2H3. The summed E-state index contributed by atoms with van der Waals surface area (Å²) < 4.78 is 0. The number of rotatable bonds is 1. The van der Waals surface area contributed by atoms with Gasteiger partial charge < -0.3 is 5.32 Å². The summed E-state index contributed by atoms with van der Waals surface area (Å²) in [4.78, 5) is 10.3. The summed E-state index contributed by atoms with van der Waals surface area (Å²) in [6.45, 7) is 3.97. The van der Waals surface area contributed by atoms with Gasteiger partial charge in [0.05, 0.1) is 4.92 Å². The van der Waals surface area contributed by atoms with E-state index in [-0.39, 0.29) is 10.6 Å². The molecule has 1 aromatic carbocycles. The van der Waals surface area contributed by atoms with Crippen LogP contribution in [0.4, 0.5) is 11.4 Å². The Balaban J connectivity index is 2.51. The summed E-state index contributed by atoms with van der Waals surface area (Å²) >= 11 is 0. The molecule has 2 rings (SSSR count). The van der Waals surface area contributed by atoms with Crippen LogP contribution in [0.2, 0.25) is 0 Å². The summed E-state index contributed by atoms with van der Waals surface area (Å²) in [5.74, 6) is 0. The lowest BCUT2D eigenvalue weighted by atomic mass is 10.1. The first-order valence-corrected chi connectivity index (χ1v) is 4.62. The van der Waals surface area contributed by atoms with Crippen molar-refractivity contribution < 1.29 is 4.92 Å². The van der Waals surface area contributed by atoms with E-state index in [0.717, 1.165) is 23.2 Å². The number of benzene rings is 1. The molecule has 74 valence electrons. The van der Waals surface area contributed by atoms with E-state index in [2.05, 4.69) is 12.2 Å². The number of nitrogens with zero attached hydrogens (tertiary/aromatic N) is 1. The Kier molecular flexibility index (Phi) is 1.91. The number of non-ortho nitro benzene ring substituents is 1. The van der Waals surface area contributed by atoms with Gasteiger partial charge in [-0.05, 0) is 31.4 Å². The van der Waals surface area contributed by atoms with Gasteiger partial charge in [-0.15, -0.1) is 0 Å². The molecule has 0 aromatic heterocycles. The van der Waals surface area contributed by atoms with Crippen LogP contribution < -0.4 is 5.32 Å². The highest BCUT2D eigenvalue weighted by Gasteiger charge is 2.21. The third-order valence-corrected chi connectivity index (χ3v) is 2.53. The van der Waals surface area contributed by atoms with Gasteiger partial charge in [0.15, 0.2) is 0 Å². The maximum Gasteiger partial charge on any atom is 0.270 e. The largest absolute Gasteiger partial charge is 0.382 e. The smallest absolute Gasteiger partial charge is 0.270 e. The molecule has 1 aliphatic heterocycles. The molecule has 0 saturated heterocycles. The third kappa shape index (κ3) is 1.32. The molecule has 1 aliphatic rings. The second-order valence-corrected chi connectivity index (χ2v) is 3.80. The molecule has 0 spiro atoms. The molecule has 1 heterocycles. The zero-order valence-electron chi connectivity index (χ0n) is 8.20. The molecule has 0 aliphatic carbocycles. The molecule has 1 unspecified atom stereocenters. The van der Waals surface area contributed by atoms with E-state index in [4.69, 9.17) is 0 Å².